The maximum Gasteiger partial charge on any atom is 0.251 e. The van der Waals surface area contributed by atoms with Crippen molar-refractivity contribution >= 4 is 17.5 Å². The molecule has 1 aromatic carbocycles. The first-order chi connectivity index (χ1) is 9.55. The Morgan fingerprint density at radius 1 is 1.40 bits per heavy atom. The standard InChI is InChI=1S/C15H21N3O2/c1-3-17-13(19)11-5-4-6-12(9-11)18-14(20)15(2)7-8-16-10-15/h4-6,9,16H,3,7-8,10H2,1-2H3,(H,17,19)(H,18,20). The fourth-order valence-electron chi connectivity index (χ4n) is 2.29. The van der Waals surface area contributed by atoms with Crippen LogP contribution in [-0.4, -0.2) is 31.4 Å². The molecule has 0 aliphatic carbocycles. The molecule has 1 atom stereocenters. The summed E-state index contributed by atoms with van der Waals surface area (Å²) < 4.78 is 0. The van der Waals surface area contributed by atoms with E-state index in [1.807, 2.05) is 13.8 Å². The average molecular weight is 275 g/mol. The summed E-state index contributed by atoms with van der Waals surface area (Å²) in [6.45, 7) is 5.96. The normalized spacial score (nSPS) is 21.5. The molecule has 0 spiro atoms. The second-order valence-electron chi connectivity index (χ2n) is 5.38. The highest BCUT2D eigenvalue weighted by Gasteiger charge is 2.36. The van der Waals surface area contributed by atoms with Crippen LogP contribution in [0.4, 0.5) is 5.69 Å². The van der Waals surface area contributed by atoms with Gasteiger partial charge in [-0.3, -0.25) is 9.59 Å². The maximum atomic E-state index is 12.3. The van der Waals surface area contributed by atoms with Crippen molar-refractivity contribution in [1.29, 1.82) is 0 Å². The van der Waals surface area contributed by atoms with E-state index >= 15 is 0 Å². The van der Waals surface area contributed by atoms with E-state index in [0.717, 1.165) is 13.0 Å². The molecule has 0 saturated carbocycles. The Hall–Kier alpha value is -1.88. The third-order valence-electron chi connectivity index (χ3n) is 3.64. The molecule has 108 valence electrons. The molecule has 2 rings (SSSR count). The van der Waals surface area contributed by atoms with Gasteiger partial charge >= 0.3 is 0 Å². The number of hydrogen-bond acceptors (Lipinski definition) is 3. The summed E-state index contributed by atoms with van der Waals surface area (Å²) in [6.07, 6.45) is 0.828. The highest BCUT2D eigenvalue weighted by molar-refractivity contribution is 5.98. The van der Waals surface area contributed by atoms with Crippen LogP contribution >= 0.6 is 0 Å². The first-order valence-electron chi connectivity index (χ1n) is 6.95. The lowest BCUT2D eigenvalue weighted by Gasteiger charge is -2.21. The van der Waals surface area contributed by atoms with Crippen LogP contribution in [0.2, 0.25) is 0 Å². The summed E-state index contributed by atoms with van der Waals surface area (Å²) in [6, 6.07) is 7.01. The van der Waals surface area contributed by atoms with Crippen LogP contribution in [0.25, 0.3) is 0 Å². The maximum absolute atomic E-state index is 12.3. The molecule has 20 heavy (non-hydrogen) atoms. The number of benzene rings is 1. The minimum atomic E-state index is -0.373. The van der Waals surface area contributed by atoms with Crippen molar-refractivity contribution in [3.63, 3.8) is 0 Å². The van der Waals surface area contributed by atoms with Crippen molar-refractivity contribution < 1.29 is 9.59 Å². The smallest absolute Gasteiger partial charge is 0.251 e. The minimum absolute atomic E-state index is 0.00412. The lowest BCUT2D eigenvalue weighted by molar-refractivity contribution is -0.123. The highest BCUT2D eigenvalue weighted by Crippen LogP contribution is 2.26. The van der Waals surface area contributed by atoms with Crippen LogP contribution in [-0.2, 0) is 4.79 Å². The summed E-state index contributed by atoms with van der Waals surface area (Å²) in [5.74, 6) is -0.132. The van der Waals surface area contributed by atoms with Crippen LogP contribution in [0.5, 0.6) is 0 Å². The van der Waals surface area contributed by atoms with Gasteiger partial charge in [0.05, 0.1) is 5.41 Å². The van der Waals surface area contributed by atoms with E-state index in [1.54, 1.807) is 24.3 Å². The molecule has 1 aliphatic heterocycles. The second-order valence-corrected chi connectivity index (χ2v) is 5.38. The van der Waals surface area contributed by atoms with Crippen molar-refractivity contribution in [2.75, 3.05) is 25.0 Å². The summed E-state index contributed by atoms with van der Waals surface area (Å²) in [4.78, 5) is 24.1. The molecule has 1 aliphatic rings. The van der Waals surface area contributed by atoms with E-state index in [-0.39, 0.29) is 17.2 Å². The molecule has 1 aromatic rings. The van der Waals surface area contributed by atoms with Gasteiger partial charge in [-0.15, -0.1) is 0 Å². The number of nitrogens with one attached hydrogen (secondary N) is 3. The van der Waals surface area contributed by atoms with Gasteiger partial charge < -0.3 is 16.0 Å². The number of carbonyl (C=O) groups excluding carboxylic acids is 2. The van der Waals surface area contributed by atoms with Gasteiger partial charge in [-0.1, -0.05) is 6.07 Å². The minimum Gasteiger partial charge on any atom is -0.352 e. The van der Waals surface area contributed by atoms with E-state index in [2.05, 4.69) is 16.0 Å². The summed E-state index contributed by atoms with van der Waals surface area (Å²) in [5, 5.41) is 8.85. The van der Waals surface area contributed by atoms with Gasteiger partial charge in [-0.2, -0.15) is 0 Å². The molecule has 2 amide bonds. The van der Waals surface area contributed by atoms with Crippen molar-refractivity contribution in [3.8, 4) is 0 Å². The van der Waals surface area contributed by atoms with E-state index in [0.29, 0.717) is 24.3 Å². The topological polar surface area (TPSA) is 70.2 Å². The molecular weight excluding hydrogens is 254 g/mol. The molecule has 0 bridgehead atoms. The first-order valence-corrected chi connectivity index (χ1v) is 6.95. The Labute approximate surface area is 119 Å². The Balaban J connectivity index is 2.08. The molecular formula is C15H21N3O2. The van der Waals surface area contributed by atoms with E-state index < -0.39 is 0 Å². The highest BCUT2D eigenvalue weighted by atomic mass is 16.2. The van der Waals surface area contributed by atoms with E-state index in [4.69, 9.17) is 0 Å². The molecule has 1 heterocycles. The molecule has 1 unspecified atom stereocenters. The Morgan fingerprint density at radius 2 is 2.20 bits per heavy atom. The zero-order valence-electron chi connectivity index (χ0n) is 12.0. The SMILES string of the molecule is CCNC(=O)c1cccc(NC(=O)C2(C)CCNC2)c1. The molecule has 5 nitrogen and oxygen atoms in total. The van der Waals surface area contributed by atoms with Gasteiger partial charge in [0.25, 0.3) is 5.91 Å². The van der Waals surface area contributed by atoms with Gasteiger partial charge in [0.15, 0.2) is 0 Å². The lowest BCUT2D eigenvalue weighted by Crippen LogP contribution is -2.35. The lowest BCUT2D eigenvalue weighted by atomic mass is 9.88. The van der Waals surface area contributed by atoms with Crippen LogP contribution in [0.3, 0.4) is 0 Å². The largest absolute Gasteiger partial charge is 0.352 e. The number of carbonyl (C=O) groups is 2. The number of anilines is 1. The summed E-state index contributed by atoms with van der Waals surface area (Å²) in [7, 11) is 0. The van der Waals surface area contributed by atoms with Crippen molar-refractivity contribution in [2.24, 2.45) is 5.41 Å². The summed E-state index contributed by atoms with van der Waals surface area (Å²) in [5.41, 5.74) is 0.841. The van der Waals surface area contributed by atoms with Gasteiger partial charge in [0.1, 0.15) is 0 Å². The monoisotopic (exact) mass is 275 g/mol. The Bertz CT molecular complexity index is 508. The molecule has 1 fully saturated rings. The third-order valence-corrected chi connectivity index (χ3v) is 3.64. The third kappa shape index (κ3) is 3.17. The first kappa shape index (κ1) is 14.5. The van der Waals surface area contributed by atoms with Gasteiger partial charge in [0, 0.05) is 24.3 Å². The van der Waals surface area contributed by atoms with Crippen molar-refractivity contribution in [2.45, 2.75) is 20.3 Å². The zero-order valence-corrected chi connectivity index (χ0v) is 12.0. The number of hydrogen-bond donors (Lipinski definition) is 3. The predicted octanol–water partition coefficient (Wildman–Crippen LogP) is 1.37. The second kappa shape index (κ2) is 6.05. The number of amides is 2. The zero-order chi connectivity index (χ0) is 14.6. The van der Waals surface area contributed by atoms with Crippen molar-refractivity contribution in [3.05, 3.63) is 29.8 Å². The fourth-order valence-corrected chi connectivity index (χ4v) is 2.29. The number of rotatable bonds is 4. The summed E-state index contributed by atoms with van der Waals surface area (Å²) >= 11 is 0. The quantitative estimate of drug-likeness (QED) is 0.777. The average Bonchev–Trinajstić information content (AvgIpc) is 2.88. The molecule has 5 heteroatoms. The van der Waals surface area contributed by atoms with Gasteiger partial charge in [0.2, 0.25) is 5.91 Å². The van der Waals surface area contributed by atoms with E-state index in [1.165, 1.54) is 0 Å². The predicted molar refractivity (Wildman–Crippen MR) is 78.7 cm³/mol. The van der Waals surface area contributed by atoms with Gasteiger partial charge in [-0.05, 0) is 45.0 Å². The van der Waals surface area contributed by atoms with Crippen LogP contribution in [0.15, 0.2) is 24.3 Å². The molecule has 0 aromatic heterocycles. The molecule has 0 radical (unpaired) electrons. The van der Waals surface area contributed by atoms with Crippen LogP contribution in [0.1, 0.15) is 30.6 Å². The molecule has 1 saturated heterocycles. The fraction of sp³-hybridized carbons (Fsp3) is 0.467. The molecule has 3 N–H and O–H groups in total. The van der Waals surface area contributed by atoms with Crippen LogP contribution < -0.4 is 16.0 Å². The Kier molecular flexibility index (Phi) is 4.39. The van der Waals surface area contributed by atoms with Crippen LogP contribution in [0, 0.1) is 5.41 Å². The van der Waals surface area contributed by atoms with Gasteiger partial charge in [-0.25, -0.2) is 0 Å². The van der Waals surface area contributed by atoms with E-state index in [9.17, 15) is 9.59 Å². The van der Waals surface area contributed by atoms with Crippen molar-refractivity contribution in [1.82, 2.24) is 10.6 Å². The Morgan fingerprint density at radius 3 is 2.85 bits per heavy atom.